The molecule has 1 saturated heterocycles. The number of piperazine rings is 1. The Morgan fingerprint density at radius 3 is 2.53 bits per heavy atom. The van der Waals surface area contributed by atoms with Crippen LogP contribution in [0.5, 0.6) is 0 Å². The fraction of sp³-hybridized carbons (Fsp3) is 0.464. The summed E-state index contributed by atoms with van der Waals surface area (Å²) in [5.41, 5.74) is 2.22. The monoisotopic (exact) mass is 520 g/mol. The van der Waals surface area contributed by atoms with Crippen LogP contribution in [0.15, 0.2) is 37.4 Å². The quantitative estimate of drug-likeness (QED) is 0.440. The van der Waals surface area contributed by atoms with Gasteiger partial charge in [0.05, 0.1) is 17.6 Å². The number of anilines is 1. The Bertz CT molecular complexity index is 1380. The Morgan fingerprint density at radius 1 is 1.13 bits per heavy atom. The molecule has 1 amide bonds. The summed E-state index contributed by atoms with van der Waals surface area (Å²) in [6.07, 6.45) is 4.72. The molecule has 4 heterocycles. The van der Waals surface area contributed by atoms with Crippen molar-refractivity contribution >= 4 is 34.5 Å². The lowest BCUT2D eigenvalue weighted by Gasteiger charge is -2.44. The maximum atomic E-state index is 12.9. The third kappa shape index (κ3) is 5.34. The Hall–Kier alpha value is -3.95. The molecule has 0 aliphatic carbocycles. The van der Waals surface area contributed by atoms with Gasteiger partial charge in [-0.1, -0.05) is 6.58 Å². The van der Waals surface area contributed by atoms with E-state index in [1.54, 1.807) is 30.2 Å². The zero-order valence-electron chi connectivity index (χ0n) is 23.2. The fourth-order valence-electron chi connectivity index (χ4n) is 4.65. The van der Waals surface area contributed by atoms with Crippen molar-refractivity contribution in [2.45, 2.75) is 66.2 Å². The van der Waals surface area contributed by atoms with Crippen molar-refractivity contribution in [3.8, 4) is 5.82 Å². The number of carbonyl (C=O) groups is 2. The largest absolute Gasteiger partial charge is 0.462 e. The van der Waals surface area contributed by atoms with E-state index in [1.807, 2.05) is 45.4 Å². The summed E-state index contributed by atoms with van der Waals surface area (Å²) < 4.78 is 12.6. The van der Waals surface area contributed by atoms with Crippen molar-refractivity contribution < 1.29 is 19.1 Å². The molecule has 0 radical (unpaired) electrons. The highest BCUT2D eigenvalue weighted by molar-refractivity contribution is 5.99. The van der Waals surface area contributed by atoms with Gasteiger partial charge < -0.3 is 19.3 Å². The third-order valence-electron chi connectivity index (χ3n) is 6.41. The van der Waals surface area contributed by atoms with Crippen LogP contribution in [-0.4, -0.2) is 73.9 Å². The Labute approximate surface area is 223 Å². The number of hydrogen-bond acceptors (Lipinski definition) is 8. The summed E-state index contributed by atoms with van der Waals surface area (Å²) in [5.74, 6) is 0.888. The van der Waals surface area contributed by atoms with Gasteiger partial charge in [-0.15, -0.1) is 0 Å². The Balaban J connectivity index is 1.75. The van der Waals surface area contributed by atoms with Gasteiger partial charge in [-0.2, -0.15) is 0 Å². The van der Waals surface area contributed by atoms with Crippen LogP contribution in [0.25, 0.3) is 22.4 Å². The second kappa shape index (κ2) is 10.4. The zero-order chi connectivity index (χ0) is 27.8. The van der Waals surface area contributed by atoms with E-state index in [0.717, 1.165) is 22.3 Å². The predicted octanol–water partition coefficient (Wildman–Crippen LogP) is 4.86. The molecule has 1 fully saturated rings. The highest BCUT2D eigenvalue weighted by Crippen LogP contribution is 2.35. The molecule has 10 heteroatoms. The molecule has 4 rings (SSSR count). The number of carbonyl (C=O) groups excluding carboxylic acids is 2. The summed E-state index contributed by atoms with van der Waals surface area (Å²) in [5, 5.41) is 0.841. The first kappa shape index (κ1) is 27.1. The Kier molecular flexibility index (Phi) is 7.44. The molecule has 0 bridgehead atoms. The first-order chi connectivity index (χ1) is 17.9. The van der Waals surface area contributed by atoms with Gasteiger partial charge in [0.2, 0.25) is 0 Å². The molecule has 10 nitrogen and oxygen atoms in total. The van der Waals surface area contributed by atoms with E-state index in [9.17, 15) is 9.59 Å². The van der Waals surface area contributed by atoms with Gasteiger partial charge in [0.1, 0.15) is 23.6 Å². The van der Waals surface area contributed by atoms with Crippen LogP contribution in [0, 0.1) is 0 Å². The van der Waals surface area contributed by atoms with Gasteiger partial charge in [0.25, 0.3) is 0 Å². The molecule has 0 saturated carbocycles. The summed E-state index contributed by atoms with van der Waals surface area (Å²) >= 11 is 0. The number of fused-ring (bicyclic) bond motifs is 1. The smallest absolute Gasteiger partial charge is 0.410 e. The summed E-state index contributed by atoms with van der Waals surface area (Å²) in [4.78, 5) is 43.0. The molecule has 0 unspecified atom stereocenters. The number of nitrogens with zero attached hydrogens (tertiary/aromatic N) is 6. The SMILES string of the molecule is C=C(C)c1cn(-c2cc(C(=O)OCC)ccn2)c2ncnc(N3C[C@@H](C)N(C(=O)OC(C)(C)C)C[C@@H]3C)c12. The fourth-order valence-corrected chi connectivity index (χ4v) is 4.65. The second-order valence-corrected chi connectivity index (χ2v) is 10.7. The van der Waals surface area contributed by atoms with Gasteiger partial charge in [0, 0.05) is 43.1 Å². The molecule has 0 spiro atoms. The van der Waals surface area contributed by atoms with E-state index < -0.39 is 11.6 Å². The highest BCUT2D eigenvalue weighted by atomic mass is 16.6. The molecule has 38 heavy (non-hydrogen) atoms. The van der Waals surface area contributed by atoms with Gasteiger partial charge >= 0.3 is 12.1 Å². The van der Waals surface area contributed by atoms with Crippen molar-refractivity contribution in [3.05, 3.63) is 48.6 Å². The maximum Gasteiger partial charge on any atom is 0.410 e. The van der Waals surface area contributed by atoms with E-state index in [-0.39, 0.29) is 24.8 Å². The second-order valence-electron chi connectivity index (χ2n) is 10.7. The highest BCUT2D eigenvalue weighted by Gasteiger charge is 2.36. The average molecular weight is 521 g/mol. The van der Waals surface area contributed by atoms with E-state index >= 15 is 0 Å². The van der Waals surface area contributed by atoms with Crippen LogP contribution in [0.1, 0.15) is 64.4 Å². The number of aromatic nitrogens is 4. The number of esters is 1. The van der Waals surface area contributed by atoms with Gasteiger partial charge in [-0.05, 0) is 66.2 Å². The lowest BCUT2D eigenvalue weighted by molar-refractivity contribution is 0.0130. The lowest BCUT2D eigenvalue weighted by atomic mass is 10.1. The van der Waals surface area contributed by atoms with E-state index in [0.29, 0.717) is 30.1 Å². The number of allylic oxidation sites excluding steroid dienone is 1. The zero-order valence-corrected chi connectivity index (χ0v) is 23.2. The van der Waals surface area contributed by atoms with Gasteiger partial charge in [-0.25, -0.2) is 24.5 Å². The first-order valence-corrected chi connectivity index (χ1v) is 12.8. The molecule has 1 aliphatic rings. The lowest BCUT2D eigenvalue weighted by Crippen LogP contribution is -2.59. The molecular weight excluding hydrogens is 484 g/mol. The maximum absolute atomic E-state index is 12.9. The number of hydrogen-bond donors (Lipinski definition) is 0. The molecule has 202 valence electrons. The Morgan fingerprint density at radius 2 is 1.87 bits per heavy atom. The van der Waals surface area contributed by atoms with Crippen LogP contribution in [0.4, 0.5) is 10.6 Å². The molecular formula is C28H36N6O4. The van der Waals surface area contributed by atoms with Crippen LogP contribution in [0.3, 0.4) is 0 Å². The number of pyridine rings is 1. The standard InChI is InChI=1S/C28H36N6O4/c1-9-37-26(35)20-10-11-29-22(12-20)34-15-21(17(2)3)23-24(30-16-31-25(23)34)32-13-19(5)33(14-18(32)4)27(36)38-28(6,7)8/h10-12,15-16,18-19H,2,9,13-14H2,1,3-8H3/t18-,19+/m0/s1. The molecule has 0 aromatic carbocycles. The van der Waals surface area contributed by atoms with Crippen molar-refractivity contribution in [3.63, 3.8) is 0 Å². The van der Waals surface area contributed by atoms with Crippen LogP contribution in [0.2, 0.25) is 0 Å². The molecule has 0 N–H and O–H groups in total. The predicted molar refractivity (Wildman–Crippen MR) is 147 cm³/mol. The van der Waals surface area contributed by atoms with E-state index in [1.165, 1.54) is 6.33 Å². The minimum absolute atomic E-state index is 0.0246. The van der Waals surface area contributed by atoms with Crippen molar-refractivity contribution in [2.24, 2.45) is 0 Å². The summed E-state index contributed by atoms with van der Waals surface area (Å²) in [6, 6.07) is 3.19. The van der Waals surface area contributed by atoms with Gasteiger partial charge in [0.15, 0.2) is 5.65 Å². The molecule has 3 aromatic heterocycles. The van der Waals surface area contributed by atoms with E-state index in [4.69, 9.17) is 14.5 Å². The molecule has 1 aliphatic heterocycles. The number of rotatable bonds is 5. The summed E-state index contributed by atoms with van der Waals surface area (Å²) in [6.45, 7) is 18.9. The van der Waals surface area contributed by atoms with Crippen molar-refractivity contribution in [2.75, 3.05) is 24.6 Å². The first-order valence-electron chi connectivity index (χ1n) is 12.8. The van der Waals surface area contributed by atoms with Crippen LogP contribution < -0.4 is 4.90 Å². The average Bonchev–Trinajstić information content (AvgIpc) is 3.25. The number of ether oxygens (including phenoxy) is 2. The number of amides is 1. The van der Waals surface area contributed by atoms with Crippen molar-refractivity contribution in [1.82, 2.24) is 24.4 Å². The van der Waals surface area contributed by atoms with E-state index in [2.05, 4.69) is 28.4 Å². The van der Waals surface area contributed by atoms with Crippen LogP contribution in [-0.2, 0) is 9.47 Å². The minimum atomic E-state index is -0.562. The topological polar surface area (TPSA) is 103 Å². The molecule has 2 atom stereocenters. The minimum Gasteiger partial charge on any atom is -0.462 e. The van der Waals surface area contributed by atoms with Gasteiger partial charge in [-0.3, -0.25) is 4.57 Å². The summed E-state index contributed by atoms with van der Waals surface area (Å²) in [7, 11) is 0. The molecule has 3 aromatic rings. The third-order valence-corrected chi connectivity index (χ3v) is 6.41. The van der Waals surface area contributed by atoms with Crippen molar-refractivity contribution in [1.29, 1.82) is 0 Å². The normalized spacial score (nSPS) is 18.0. The van der Waals surface area contributed by atoms with Crippen LogP contribution >= 0.6 is 0 Å².